The van der Waals surface area contributed by atoms with Gasteiger partial charge in [0.2, 0.25) is 5.13 Å². The molecule has 2 aromatic heterocycles. The molecular formula is C8H10N6S2. The van der Waals surface area contributed by atoms with Crippen molar-refractivity contribution in [2.75, 3.05) is 24.7 Å². The highest BCUT2D eigenvalue weighted by molar-refractivity contribution is 8.00. The Hall–Kier alpha value is -1.41. The number of nitrogens with zero attached hydrogens (tertiary/aromatic N) is 5. The smallest absolute Gasteiger partial charge is 0.208 e. The maximum Gasteiger partial charge on any atom is 0.208 e. The van der Waals surface area contributed by atoms with Crippen molar-refractivity contribution in [3.05, 3.63) is 12.3 Å². The Kier molecular flexibility index (Phi) is 3.20. The molecule has 0 unspecified atom stereocenters. The monoisotopic (exact) mass is 254 g/mol. The maximum absolute atomic E-state index is 5.56. The van der Waals surface area contributed by atoms with Crippen LogP contribution < -0.4 is 10.6 Å². The number of hydrogen-bond donors (Lipinski definition) is 1. The normalized spacial score (nSPS) is 10.4. The molecule has 0 aromatic carbocycles. The van der Waals surface area contributed by atoms with Gasteiger partial charge in [0.25, 0.3) is 0 Å². The van der Waals surface area contributed by atoms with Gasteiger partial charge in [-0.25, -0.2) is 9.97 Å². The van der Waals surface area contributed by atoms with Gasteiger partial charge in [0.15, 0.2) is 9.50 Å². The Morgan fingerprint density at radius 1 is 1.38 bits per heavy atom. The third-order valence-electron chi connectivity index (χ3n) is 1.61. The first-order chi connectivity index (χ1) is 7.65. The second-order valence-electron chi connectivity index (χ2n) is 3.11. The molecule has 2 rings (SSSR count). The molecule has 0 saturated carbocycles. The number of rotatable bonds is 3. The standard InChI is InChI=1S/C8H10N6S2/c1-14(2)7-12-13-8(16-7)15-6-10-4-3-5(9)11-6/h3-4H,1-2H3,(H2,9,10,11). The molecule has 8 heteroatoms. The Morgan fingerprint density at radius 3 is 2.81 bits per heavy atom. The molecule has 0 aliphatic heterocycles. The van der Waals surface area contributed by atoms with E-state index in [1.807, 2.05) is 19.0 Å². The molecule has 0 atom stereocenters. The average Bonchev–Trinajstić information content (AvgIpc) is 2.66. The van der Waals surface area contributed by atoms with Crippen LogP contribution in [0, 0.1) is 0 Å². The zero-order valence-electron chi connectivity index (χ0n) is 8.78. The van der Waals surface area contributed by atoms with Gasteiger partial charge in [-0.1, -0.05) is 11.3 Å². The van der Waals surface area contributed by atoms with Gasteiger partial charge < -0.3 is 10.6 Å². The van der Waals surface area contributed by atoms with Crippen molar-refractivity contribution < 1.29 is 0 Å². The minimum absolute atomic E-state index is 0.454. The van der Waals surface area contributed by atoms with Crippen molar-refractivity contribution in [2.24, 2.45) is 0 Å². The Labute approximate surface area is 101 Å². The van der Waals surface area contributed by atoms with Crippen LogP contribution in [0.15, 0.2) is 21.8 Å². The van der Waals surface area contributed by atoms with Gasteiger partial charge in [0.1, 0.15) is 5.82 Å². The van der Waals surface area contributed by atoms with Gasteiger partial charge in [-0.2, -0.15) is 0 Å². The van der Waals surface area contributed by atoms with E-state index in [-0.39, 0.29) is 0 Å². The van der Waals surface area contributed by atoms with Crippen molar-refractivity contribution in [3.8, 4) is 0 Å². The van der Waals surface area contributed by atoms with Crippen LogP contribution >= 0.6 is 23.1 Å². The van der Waals surface area contributed by atoms with Crippen LogP contribution in [0.4, 0.5) is 10.9 Å². The average molecular weight is 254 g/mol. The number of hydrogen-bond acceptors (Lipinski definition) is 8. The number of anilines is 2. The highest BCUT2D eigenvalue weighted by Gasteiger charge is 2.08. The summed E-state index contributed by atoms with van der Waals surface area (Å²) >= 11 is 2.84. The highest BCUT2D eigenvalue weighted by Crippen LogP contribution is 2.30. The minimum Gasteiger partial charge on any atom is -0.384 e. The molecule has 0 bridgehead atoms. The fourth-order valence-corrected chi connectivity index (χ4v) is 2.52. The third-order valence-corrected chi connectivity index (χ3v) is 3.63. The fraction of sp³-hybridized carbons (Fsp3) is 0.250. The molecule has 0 amide bonds. The zero-order valence-corrected chi connectivity index (χ0v) is 10.4. The van der Waals surface area contributed by atoms with Gasteiger partial charge in [-0.15, -0.1) is 10.2 Å². The quantitative estimate of drug-likeness (QED) is 0.822. The molecule has 6 nitrogen and oxygen atoms in total. The molecule has 0 saturated heterocycles. The van der Waals surface area contributed by atoms with E-state index >= 15 is 0 Å². The molecule has 2 aromatic rings. The summed E-state index contributed by atoms with van der Waals surface area (Å²) in [7, 11) is 3.85. The first kappa shape index (κ1) is 11.1. The lowest BCUT2D eigenvalue weighted by Gasteiger charge is -2.03. The van der Waals surface area contributed by atoms with E-state index in [1.165, 1.54) is 23.1 Å². The van der Waals surface area contributed by atoms with Gasteiger partial charge in [0, 0.05) is 20.3 Å². The summed E-state index contributed by atoms with van der Waals surface area (Å²) in [5.74, 6) is 0.454. The Balaban J connectivity index is 2.14. The molecular weight excluding hydrogens is 244 g/mol. The number of nitrogen functional groups attached to an aromatic ring is 1. The van der Waals surface area contributed by atoms with Crippen molar-refractivity contribution >= 4 is 34.0 Å². The zero-order chi connectivity index (χ0) is 11.5. The van der Waals surface area contributed by atoms with E-state index in [2.05, 4.69) is 20.2 Å². The van der Waals surface area contributed by atoms with Crippen molar-refractivity contribution in [3.63, 3.8) is 0 Å². The second kappa shape index (κ2) is 4.62. The van der Waals surface area contributed by atoms with Gasteiger partial charge in [0.05, 0.1) is 0 Å². The van der Waals surface area contributed by atoms with Crippen LogP contribution in [0.5, 0.6) is 0 Å². The predicted molar refractivity (Wildman–Crippen MR) is 64.8 cm³/mol. The molecule has 0 radical (unpaired) electrons. The van der Waals surface area contributed by atoms with E-state index in [9.17, 15) is 0 Å². The summed E-state index contributed by atoms with van der Waals surface area (Å²) in [5, 5.41) is 9.49. The lowest BCUT2D eigenvalue weighted by Crippen LogP contribution is -2.07. The molecule has 0 aliphatic rings. The van der Waals surface area contributed by atoms with Crippen LogP contribution in [0.2, 0.25) is 0 Å². The second-order valence-corrected chi connectivity index (χ2v) is 5.28. The van der Waals surface area contributed by atoms with Crippen LogP contribution in [0.25, 0.3) is 0 Å². The van der Waals surface area contributed by atoms with Gasteiger partial charge in [-0.05, 0) is 17.8 Å². The van der Waals surface area contributed by atoms with Gasteiger partial charge in [-0.3, -0.25) is 0 Å². The minimum atomic E-state index is 0.454. The molecule has 2 heterocycles. The predicted octanol–water partition coefficient (Wildman–Crippen LogP) is 1.13. The summed E-state index contributed by atoms with van der Waals surface area (Å²) in [5.41, 5.74) is 5.56. The van der Waals surface area contributed by atoms with E-state index in [4.69, 9.17) is 5.73 Å². The number of nitrogens with two attached hydrogens (primary N) is 1. The van der Waals surface area contributed by atoms with Crippen LogP contribution in [0.3, 0.4) is 0 Å². The maximum atomic E-state index is 5.56. The van der Waals surface area contributed by atoms with Crippen LogP contribution in [0.1, 0.15) is 0 Å². The first-order valence-corrected chi connectivity index (χ1v) is 6.05. The SMILES string of the molecule is CN(C)c1nnc(Sc2nccc(N)n2)s1. The first-order valence-electron chi connectivity index (χ1n) is 4.42. The molecule has 0 spiro atoms. The van der Waals surface area contributed by atoms with Gasteiger partial charge >= 0.3 is 0 Å². The third kappa shape index (κ3) is 2.58. The van der Waals surface area contributed by atoms with E-state index in [0.29, 0.717) is 11.0 Å². The molecule has 2 N–H and O–H groups in total. The summed E-state index contributed by atoms with van der Waals surface area (Å²) in [4.78, 5) is 10.1. The van der Waals surface area contributed by atoms with Crippen molar-refractivity contribution in [1.29, 1.82) is 0 Å². The van der Waals surface area contributed by atoms with E-state index in [0.717, 1.165) is 9.47 Å². The fourth-order valence-electron chi connectivity index (χ4n) is 0.906. The molecule has 16 heavy (non-hydrogen) atoms. The van der Waals surface area contributed by atoms with E-state index < -0.39 is 0 Å². The highest BCUT2D eigenvalue weighted by atomic mass is 32.2. The Morgan fingerprint density at radius 2 is 2.19 bits per heavy atom. The summed E-state index contributed by atoms with van der Waals surface area (Å²) in [6.07, 6.45) is 1.62. The van der Waals surface area contributed by atoms with E-state index in [1.54, 1.807) is 12.3 Å². The van der Waals surface area contributed by atoms with Crippen LogP contribution in [-0.4, -0.2) is 34.3 Å². The topological polar surface area (TPSA) is 80.8 Å². The number of aromatic nitrogens is 4. The summed E-state index contributed by atoms with van der Waals surface area (Å²) in [6, 6.07) is 1.65. The molecule has 0 fully saturated rings. The van der Waals surface area contributed by atoms with Crippen molar-refractivity contribution in [2.45, 2.75) is 9.50 Å². The summed E-state index contributed by atoms with van der Waals surface area (Å²) in [6.45, 7) is 0. The lowest BCUT2D eigenvalue weighted by atomic mass is 10.6. The molecule has 0 aliphatic carbocycles. The molecule has 84 valence electrons. The van der Waals surface area contributed by atoms with Crippen molar-refractivity contribution in [1.82, 2.24) is 20.2 Å². The van der Waals surface area contributed by atoms with Crippen LogP contribution in [-0.2, 0) is 0 Å². The largest absolute Gasteiger partial charge is 0.384 e. The Bertz CT molecular complexity index is 483. The summed E-state index contributed by atoms with van der Waals surface area (Å²) < 4.78 is 0.800. The lowest BCUT2D eigenvalue weighted by molar-refractivity contribution is 0.951.